The number of amides is 3. The summed E-state index contributed by atoms with van der Waals surface area (Å²) < 4.78 is 19.9. The lowest BCUT2D eigenvalue weighted by Gasteiger charge is -2.36. The highest BCUT2D eigenvalue weighted by molar-refractivity contribution is 6.32. The predicted octanol–water partition coefficient (Wildman–Crippen LogP) is 3.59. The zero-order valence-electron chi connectivity index (χ0n) is 13.0. The summed E-state index contributed by atoms with van der Waals surface area (Å²) in [5.74, 6) is -0.859. The van der Waals surface area contributed by atoms with E-state index in [0.717, 1.165) is 23.8 Å². The van der Waals surface area contributed by atoms with Gasteiger partial charge < -0.3 is 9.64 Å². The van der Waals surface area contributed by atoms with Gasteiger partial charge >= 0.3 is 6.03 Å². The second kappa shape index (κ2) is 6.00. The van der Waals surface area contributed by atoms with Gasteiger partial charge in [-0.1, -0.05) is 11.6 Å². The summed E-state index contributed by atoms with van der Waals surface area (Å²) in [5, 5.41) is 0.107. The summed E-state index contributed by atoms with van der Waals surface area (Å²) in [7, 11) is 0. The number of rotatable bonds is 3. The lowest BCUT2D eigenvalue weighted by Crippen LogP contribution is -2.55. The Morgan fingerprint density at radius 1 is 1.35 bits per heavy atom. The molecule has 0 N–H and O–H groups in total. The number of anilines is 1. The van der Waals surface area contributed by atoms with Crippen LogP contribution in [0.25, 0.3) is 0 Å². The summed E-state index contributed by atoms with van der Waals surface area (Å²) in [4.78, 5) is 27.5. The largest absolute Gasteiger partial charge is 0.489 e. The molecule has 3 amide bonds. The number of hydrogen-bond donors (Lipinski definition) is 0. The second-order valence-corrected chi connectivity index (χ2v) is 6.51. The van der Waals surface area contributed by atoms with Crippen molar-refractivity contribution in [2.75, 3.05) is 11.4 Å². The first-order valence-electron chi connectivity index (χ1n) is 7.67. The molecule has 1 unspecified atom stereocenters. The standard InChI is InChI=1S/C16H18ClFN2O3/c1-9(2)23-14-8-13(12(18)7-11(14)17)20-15(21)6-10-4-3-5-19(10)16(20)22/h7-10H,3-6H2,1-2H3. The molecule has 1 atom stereocenters. The maximum Gasteiger partial charge on any atom is 0.331 e. The van der Waals surface area contributed by atoms with Crippen LogP contribution in [0, 0.1) is 5.82 Å². The number of fused-ring (bicyclic) bond motifs is 1. The van der Waals surface area contributed by atoms with Gasteiger partial charge in [-0.2, -0.15) is 0 Å². The summed E-state index contributed by atoms with van der Waals surface area (Å²) >= 11 is 5.98. The third kappa shape index (κ3) is 2.87. The molecule has 1 aromatic carbocycles. The summed E-state index contributed by atoms with van der Waals surface area (Å²) in [5.41, 5.74) is -0.106. The van der Waals surface area contributed by atoms with E-state index in [-0.39, 0.29) is 35.0 Å². The quantitative estimate of drug-likeness (QED) is 0.845. The molecular weight excluding hydrogens is 323 g/mol. The molecule has 2 aliphatic heterocycles. The molecule has 2 fully saturated rings. The van der Waals surface area contributed by atoms with Crippen LogP contribution in [0.4, 0.5) is 14.9 Å². The smallest absolute Gasteiger partial charge is 0.331 e. The molecule has 0 aliphatic carbocycles. The van der Waals surface area contributed by atoms with Crippen molar-refractivity contribution < 1.29 is 18.7 Å². The van der Waals surface area contributed by atoms with Crippen molar-refractivity contribution in [3.63, 3.8) is 0 Å². The molecule has 7 heteroatoms. The summed E-state index contributed by atoms with van der Waals surface area (Å²) in [6, 6.07) is 1.86. The van der Waals surface area contributed by atoms with Crippen molar-refractivity contribution in [1.82, 2.24) is 4.90 Å². The maximum absolute atomic E-state index is 14.3. The Balaban J connectivity index is 1.99. The van der Waals surface area contributed by atoms with Crippen molar-refractivity contribution in [1.29, 1.82) is 0 Å². The van der Waals surface area contributed by atoms with Crippen LogP contribution in [-0.4, -0.2) is 35.5 Å². The maximum atomic E-state index is 14.3. The number of hydrogen-bond acceptors (Lipinski definition) is 3. The molecule has 2 aliphatic rings. The first-order chi connectivity index (χ1) is 10.9. The fourth-order valence-electron chi connectivity index (χ4n) is 3.10. The number of imide groups is 1. The number of urea groups is 1. The average Bonchev–Trinajstić information content (AvgIpc) is 2.91. The van der Waals surface area contributed by atoms with Gasteiger partial charge in [0.05, 0.1) is 16.8 Å². The van der Waals surface area contributed by atoms with E-state index in [1.165, 1.54) is 6.07 Å². The molecule has 5 nitrogen and oxygen atoms in total. The van der Waals surface area contributed by atoms with Gasteiger partial charge in [-0.15, -0.1) is 0 Å². The lowest BCUT2D eigenvalue weighted by molar-refractivity contribution is -0.120. The van der Waals surface area contributed by atoms with E-state index in [2.05, 4.69) is 0 Å². The topological polar surface area (TPSA) is 49.9 Å². The van der Waals surface area contributed by atoms with E-state index in [0.29, 0.717) is 6.54 Å². The second-order valence-electron chi connectivity index (χ2n) is 6.11. The van der Waals surface area contributed by atoms with Crippen LogP contribution >= 0.6 is 11.6 Å². The molecule has 124 valence electrons. The van der Waals surface area contributed by atoms with E-state index >= 15 is 0 Å². The van der Waals surface area contributed by atoms with Crippen LogP contribution < -0.4 is 9.64 Å². The fraction of sp³-hybridized carbons (Fsp3) is 0.500. The van der Waals surface area contributed by atoms with Crippen LogP contribution in [0.3, 0.4) is 0 Å². The number of ether oxygens (including phenoxy) is 1. The highest BCUT2D eigenvalue weighted by Crippen LogP contribution is 2.36. The van der Waals surface area contributed by atoms with Gasteiger partial charge in [0.15, 0.2) is 0 Å². The van der Waals surface area contributed by atoms with Crippen LogP contribution in [-0.2, 0) is 4.79 Å². The molecule has 0 saturated carbocycles. The van der Waals surface area contributed by atoms with Gasteiger partial charge in [0.25, 0.3) is 0 Å². The molecule has 0 aromatic heterocycles. The Morgan fingerprint density at radius 2 is 2.09 bits per heavy atom. The SMILES string of the molecule is CC(C)Oc1cc(N2C(=O)CC3CCCN3C2=O)c(F)cc1Cl. The molecule has 2 saturated heterocycles. The van der Waals surface area contributed by atoms with Crippen LogP contribution in [0.1, 0.15) is 33.1 Å². The monoisotopic (exact) mass is 340 g/mol. The molecule has 0 spiro atoms. The first kappa shape index (κ1) is 16.1. The third-order valence-electron chi connectivity index (χ3n) is 4.08. The Kier molecular flexibility index (Phi) is 4.19. The molecule has 3 rings (SSSR count). The van der Waals surface area contributed by atoms with Gasteiger partial charge in [-0.3, -0.25) is 4.79 Å². The summed E-state index contributed by atoms with van der Waals surface area (Å²) in [6.45, 7) is 4.22. The Morgan fingerprint density at radius 3 is 2.78 bits per heavy atom. The van der Waals surface area contributed by atoms with Crippen molar-refractivity contribution >= 4 is 29.2 Å². The van der Waals surface area contributed by atoms with E-state index in [9.17, 15) is 14.0 Å². The molecule has 2 heterocycles. The highest BCUT2D eigenvalue weighted by Gasteiger charge is 2.42. The van der Waals surface area contributed by atoms with E-state index < -0.39 is 17.8 Å². The number of carbonyl (C=O) groups excluding carboxylic acids is 2. The van der Waals surface area contributed by atoms with Gasteiger partial charge in [0, 0.05) is 25.1 Å². The number of nitrogens with zero attached hydrogens (tertiary/aromatic N) is 2. The van der Waals surface area contributed by atoms with E-state index in [1.807, 2.05) is 13.8 Å². The fourth-order valence-corrected chi connectivity index (χ4v) is 3.29. The molecule has 0 radical (unpaired) electrons. The number of halogens is 2. The van der Waals surface area contributed by atoms with Gasteiger partial charge in [-0.25, -0.2) is 14.1 Å². The Hall–Kier alpha value is -1.82. The van der Waals surface area contributed by atoms with Crippen molar-refractivity contribution in [2.24, 2.45) is 0 Å². The number of carbonyl (C=O) groups is 2. The lowest BCUT2D eigenvalue weighted by atomic mass is 10.1. The van der Waals surface area contributed by atoms with Crippen LogP contribution in [0.2, 0.25) is 5.02 Å². The third-order valence-corrected chi connectivity index (χ3v) is 4.37. The van der Waals surface area contributed by atoms with Crippen molar-refractivity contribution in [3.05, 3.63) is 23.0 Å². The summed E-state index contributed by atoms with van der Waals surface area (Å²) in [6.07, 6.45) is 1.73. The zero-order chi connectivity index (χ0) is 16.7. The van der Waals surface area contributed by atoms with Gasteiger partial charge in [-0.05, 0) is 32.8 Å². The van der Waals surface area contributed by atoms with Crippen molar-refractivity contribution in [2.45, 2.75) is 45.3 Å². The average molecular weight is 341 g/mol. The normalized spacial score (nSPS) is 21.2. The van der Waals surface area contributed by atoms with Crippen LogP contribution in [0.5, 0.6) is 5.75 Å². The molecule has 1 aromatic rings. The van der Waals surface area contributed by atoms with Crippen molar-refractivity contribution in [3.8, 4) is 5.75 Å². The number of benzene rings is 1. The molecule has 23 heavy (non-hydrogen) atoms. The molecular formula is C16H18ClFN2O3. The van der Waals surface area contributed by atoms with E-state index in [1.54, 1.807) is 4.90 Å². The minimum Gasteiger partial charge on any atom is -0.489 e. The van der Waals surface area contributed by atoms with E-state index in [4.69, 9.17) is 16.3 Å². The predicted molar refractivity (Wildman–Crippen MR) is 84.4 cm³/mol. The minimum atomic E-state index is -0.717. The van der Waals surface area contributed by atoms with Gasteiger partial charge in [0.1, 0.15) is 11.6 Å². The Bertz CT molecular complexity index is 665. The van der Waals surface area contributed by atoms with Gasteiger partial charge in [0.2, 0.25) is 5.91 Å². The Labute approximate surface area is 138 Å². The molecule has 0 bridgehead atoms. The highest BCUT2D eigenvalue weighted by atomic mass is 35.5. The first-order valence-corrected chi connectivity index (χ1v) is 8.05. The van der Waals surface area contributed by atoms with Crippen LogP contribution in [0.15, 0.2) is 12.1 Å². The minimum absolute atomic E-state index is 0.0620. The zero-order valence-corrected chi connectivity index (χ0v) is 13.8.